The van der Waals surface area contributed by atoms with Gasteiger partial charge in [-0.3, -0.25) is 4.79 Å². The van der Waals surface area contributed by atoms with E-state index in [-0.39, 0.29) is 35.5 Å². The van der Waals surface area contributed by atoms with Crippen molar-refractivity contribution in [3.05, 3.63) is 58.3 Å². The Morgan fingerprint density at radius 1 is 1.04 bits per heavy atom. The van der Waals surface area contributed by atoms with Crippen LogP contribution in [0.15, 0.2) is 47.3 Å². The van der Waals surface area contributed by atoms with Crippen LogP contribution < -0.4 is 5.43 Å². The van der Waals surface area contributed by atoms with Crippen LogP contribution in [0.1, 0.15) is 26.3 Å². The molecule has 5 heteroatoms. The fourth-order valence-corrected chi connectivity index (χ4v) is 3.25. The van der Waals surface area contributed by atoms with E-state index in [0.717, 1.165) is 32.3 Å². The zero-order valence-electron chi connectivity index (χ0n) is 16.1. The molecule has 0 amide bonds. The van der Waals surface area contributed by atoms with Crippen LogP contribution in [0.25, 0.3) is 20.2 Å². The summed E-state index contributed by atoms with van der Waals surface area (Å²) in [4.78, 5) is 14.7. The average Bonchev–Trinajstić information content (AvgIpc) is 2.61. The Morgan fingerprint density at radius 2 is 1.65 bits per heavy atom. The second kappa shape index (κ2) is 11.0. The van der Waals surface area contributed by atoms with E-state index in [4.69, 9.17) is 4.74 Å². The number of hydrogen-bond acceptors (Lipinski definition) is 4. The summed E-state index contributed by atoms with van der Waals surface area (Å²) < 4.78 is 7.67. The van der Waals surface area contributed by atoms with Gasteiger partial charge < -0.3 is 9.64 Å². The van der Waals surface area contributed by atoms with Crippen molar-refractivity contribution >= 4 is 55.5 Å². The molecule has 0 saturated heterocycles. The Morgan fingerprint density at radius 3 is 2.27 bits per heavy atom. The van der Waals surface area contributed by atoms with Gasteiger partial charge in [-0.25, -0.2) is 0 Å². The zero-order valence-corrected chi connectivity index (χ0v) is 19.3. The normalized spacial score (nSPS) is 10.7. The van der Waals surface area contributed by atoms with Crippen LogP contribution in [-0.4, -0.2) is 31.6 Å². The molecule has 0 aliphatic rings. The minimum absolute atomic E-state index is 0. The van der Waals surface area contributed by atoms with Crippen LogP contribution in [-0.2, 0) is 11.3 Å². The van der Waals surface area contributed by atoms with Crippen molar-refractivity contribution in [3.8, 4) is 0 Å². The highest BCUT2D eigenvalue weighted by Crippen LogP contribution is 2.25. The van der Waals surface area contributed by atoms with E-state index in [1.165, 1.54) is 0 Å². The van der Waals surface area contributed by atoms with E-state index in [1.807, 2.05) is 56.3 Å². The minimum Gasteiger partial charge on any atom is -0.374 e. The monoisotopic (exact) mass is 485 g/mol. The highest BCUT2D eigenvalue weighted by atomic mass is 127. The van der Waals surface area contributed by atoms with Gasteiger partial charge in [0.15, 0.2) is 5.43 Å². The van der Waals surface area contributed by atoms with Gasteiger partial charge in [0.25, 0.3) is 0 Å². The summed E-state index contributed by atoms with van der Waals surface area (Å²) in [6.45, 7) is 7.83. The van der Waals surface area contributed by atoms with Crippen molar-refractivity contribution in [2.75, 3.05) is 20.6 Å². The van der Waals surface area contributed by atoms with E-state index >= 15 is 0 Å². The van der Waals surface area contributed by atoms with Crippen molar-refractivity contribution in [1.29, 1.82) is 0 Å². The molecule has 1 aromatic heterocycles. The van der Waals surface area contributed by atoms with E-state index in [0.29, 0.717) is 6.61 Å². The summed E-state index contributed by atoms with van der Waals surface area (Å²) in [5.41, 5.74) is 1.16. The average molecular weight is 485 g/mol. The largest absolute Gasteiger partial charge is 0.374 e. The molecule has 0 bridgehead atoms. The first-order chi connectivity index (χ1) is 11.9. The predicted molar refractivity (Wildman–Crippen MR) is 125 cm³/mol. The molecule has 0 fully saturated rings. The van der Waals surface area contributed by atoms with E-state index < -0.39 is 0 Å². The molecule has 0 aliphatic carbocycles. The minimum atomic E-state index is 0. The Hall–Kier alpha value is -1.02. The van der Waals surface area contributed by atoms with Crippen molar-refractivity contribution in [2.24, 2.45) is 0 Å². The number of halogens is 1. The van der Waals surface area contributed by atoms with Crippen LogP contribution in [0, 0.1) is 0 Å². The third kappa shape index (κ3) is 6.30. The molecular weight excluding hydrogens is 457 g/mol. The highest BCUT2D eigenvalue weighted by Gasteiger charge is 2.06. The Labute approximate surface area is 177 Å². The number of nitrogens with zero attached hydrogens (tertiary/aromatic N) is 1. The molecule has 142 valence electrons. The summed E-state index contributed by atoms with van der Waals surface area (Å²) in [5, 5.41) is 1.59. The number of hydrogen-bond donors (Lipinski definition) is 0. The smallest absolute Gasteiger partial charge is 0.195 e. The molecular formula is C21H28INO2S. The number of benzene rings is 2. The van der Waals surface area contributed by atoms with E-state index in [2.05, 4.69) is 25.9 Å². The molecule has 2 aromatic carbocycles. The fourth-order valence-electron chi connectivity index (χ4n) is 2.20. The summed E-state index contributed by atoms with van der Waals surface area (Å²) >= 11 is 1.66. The Kier molecular flexibility index (Phi) is 9.71. The second-order valence-corrected chi connectivity index (χ2v) is 7.60. The summed E-state index contributed by atoms with van der Waals surface area (Å²) in [7, 11) is 4.11. The predicted octanol–water partition coefficient (Wildman–Crippen LogP) is 5.53. The van der Waals surface area contributed by atoms with Gasteiger partial charge in [-0.2, -0.15) is 0 Å². The Balaban J connectivity index is 0.000000501. The van der Waals surface area contributed by atoms with Gasteiger partial charge in [-0.05, 0) is 64.3 Å². The molecule has 0 atom stereocenters. The molecule has 0 spiro atoms. The molecule has 1 heterocycles. The van der Waals surface area contributed by atoms with Crippen LogP contribution in [0.5, 0.6) is 0 Å². The quantitative estimate of drug-likeness (QED) is 0.360. The van der Waals surface area contributed by atoms with Crippen molar-refractivity contribution < 1.29 is 4.74 Å². The van der Waals surface area contributed by atoms with Gasteiger partial charge in [0.2, 0.25) is 0 Å². The molecule has 3 rings (SSSR count). The van der Waals surface area contributed by atoms with Crippen LogP contribution in [0.3, 0.4) is 0 Å². The van der Waals surface area contributed by atoms with Gasteiger partial charge >= 0.3 is 0 Å². The maximum Gasteiger partial charge on any atom is 0.195 e. The maximum absolute atomic E-state index is 12.5. The maximum atomic E-state index is 12.5. The van der Waals surface area contributed by atoms with E-state index in [1.54, 1.807) is 11.3 Å². The lowest BCUT2D eigenvalue weighted by molar-refractivity contribution is 0.0658. The van der Waals surface area contributed by atoms with Crippen LogP contribution >= 0.6 is 35.3 Å². The lowest BCUT2D eigenvalue weighted by atomic mass is 10.1. The molecule has 0 radical (unpaired) electrons. The SMILES string of the molecule is CC(C)OCc1ccc2sc3ccccc3c(=O)c2c1.CCN(C)C.I. The van der Waals surface area contributed by atoms with Crippen LogP contribution in [0.2, 0.25) is 0 Å². The Bertz CT molecular complexity index is 890. The first-order valence-electron chi connectivity index (χ1n) is 8.63. The highest BCUT2D eigenvalue weighted by molar-refractivity contribution is 14.0. The van der Waals surface area contributed by atoms with Gasteiger partial charge in [0.05, 0.1) is 12.7 Å². The van der Waals surface area contributed by atoms with Gasteiger partial charge in [-0.15, -0.1) is 35.3 Å². The lowest BCUT2D eigenvalue weighted by Crippen LogP contribution is -2.08. The molecule has 3 aromatic rings. The molecule has 0 aliphatic heterocycles. The molecule has 26 heavy (non-hydrogen) atoms. The van der Waals surface area contributed by atoms with Gasteiger partial charge in [-0.1, -0.05) is 25.1 Å². The first kappa shape index (κ1) is 23.0. The lowest BCUT2D eigenvalue weighted by Gasteiger charge is -2.08. The zero-order chi connectivity index (χ0) is 18.4. The molecule has 0 unspecified atom stereocenters. The fraction of sp³-hybridized carbons (Fsp3) is 0.381. The summed E-state index contributed by atoms with van der Waals surface area (Å²) in [6.07, 6.45) is 0.192. The molecule has 3 nitrogen and oxygen atoms in total. The van der Waals surface area contributed by atoms with Crippen LogP contribution in [0.4, 0.5) is 0 Å². The van der Waals surface area contributed by atoms with E-state index in [9.17, 15) is 4.79 Å². The number of ether oxygens (including phenoxy) is 1. The standard InChI is InChI=1S/C17H16O2S.C4H11N.HI/c1-11(2)19-10-12-7-8-16-14(9-12)17(18)13-5-3-4-6-15(13)20-16;1-4-5(2)3;/h3-9,11H,10H2,1-2H3;4H2,1-3H3;1H. The third-order valence-electron chi connectivity index (χ3n) is 3.86. The second-order valence-electron chi connectivity index (χ2n) is 6.51. The topological polar surface area (TPSA) is 29.5 Å². The van der Waals surface area contributed by atoms with Gasteiger partial charge in [0.1, 0.15) is 0 Å². The molecule has 0 saturated carbocycles. The van der Waals surface area contributed by atoms with Crippen molar-refractivity contribution in [3.63, 3.8) is 0 Å². The van der Waals surface area contributed by atoms with Gasteiger partial charge in [0, 0.05) is 20.2 Å². The number of fused-ring (bicyclic) bond motifs is 2. The van der Waals surface area contributed by atoms with Crippen molar-refractivity contribution in [2.45, 2.75) is 33.5 Å². The first-order valence-corrected chi connectivity index (χ1v) is 9.44. The van der Waals surface area contributed by atoms with Crippen molar-refractivity contribution in [1.82, 2.24) is 4.90 Å². The summed E-state index contributed by atoms with van der Waals surface area (Å²) in [5.74, 6) is 0. The summed E-state index contributed by atoms with van der Waals surface area (Å²) in [6, 6.07) is 13.8. The third-order valence-corrected chi connectivity index (χ3v) is 5.01. The number of rotatable bonds is 4. The molecule has 0 N–H and O–H groups in total.